The fourth-order valence-corrected chi connectivity index (χ4v) is 3.08. The summed E-state index contributed by atoms with van der Waals surface area (Å²) >= 11 is 0. The van der Waals surface area contributed by atoms with Crippen molar-refractivity contribution < 1.29 is 27.8 Å². The van der Waals surface area contributed by atoms with Gasteiger partial charge in [0.2, 0.25) is 0 Å². The molecule has 0 saturated carbocycles. The zero-order valence-electron chi connectivity index (χ0n) is 15.6. The molecule has 0 unspecified atom stereocenters. The number of carbonyl (C=O) groups is 2. The van der Waals surface area contributed by atoms with Crippen molar-refractivity contribution in [3.8, 4) is 11.5 Å². The highest BCUT2D eigenvalue weighted by molar-refractivity contribution is 6.09. The molecular formula is C20H20F2N2O4. The van der Waals surface area contributed by atoms with Crippen molar-refractivity contribution in [1.82, 2.24) is 4.90 Å². The van der Waals surface area contributed by atoms with Crippen LogP contribution in [0.15, 0.2) is 30.3 Å². The lowest BCUT2D eigenvalue weighted by atomic mass is 10.1. The molecule has 1 fully saturated rings. The van der Waals surface area contributed by atoms with Crippen LogP contribution >= 0.6 is 0 Å². The molecule has 0 aromatic heterocycles. The second kappa shape index (κ2) is 8.24. The number of methoxy groups -OCH3 is 2. The molecule has 1 aliphatic rings. The van der Waals surface area contributed by atoms with Gasteiger partial charge in [0.25, 0.3) is 11.8 Å². The highest BCUT2D eigenvalue weighted by atomic mass is 19.2. The average Bonchev–Trinajstić information content (AvgIpc) is 3.23. The number of likely N-dealkylation sites (tertiary alicyclic amines) is 1. The van der Waals surface area contributed by atoms with Gasteiger partial charge in [-0.3, -0.25) is 9.59 Å². The van der Waals surface area contributed by atoms with E-state index in [0.29, 0.717) is 24.6 Å². The Hall–Kier alpha value is -3.16. The number of ether oxygens (including phenoxy) is 2. The van der Waals surface area contributed by atoms with E-state index < -0.39 is 17.5 Å². The van der Waals surface area contributed by atoms with Crippen LogP contribution in [0.2, 0.25) is 0 Å². The van der Waals surface area contributed by atoms with E-state index in [0.717, 1.165) is 31.0 Å². The van der Waals surface area contributed by atoms with Crippen LogP contribution in [0.5, 0.6) is 11.5 Å². The lowest BCUT2D eigenvalue weighted by molar-refractivity contribution is 0.0793. The van der Waals surface area contributed by atoms with Gasteiger partial charge in [-0.1, -0.05) is 0 Å². The minimum Gasteiger partial charge on any atom is -0.493 e. The Kier molecular flexibility index (Phi) is 5.77. The number of carbonyl (C=O) groups excluding carboxylic acids is 2. The lowest BCUT2D eigenvalue weighted by Gasteiger charge is -2.20. The number of rotatable bonds is 5. The first-order valence-corrected chi connectivity index (χ1v) is 8.76. The number of halogens is 2. The van der Waals surface area contributed by atoms with Gasteiger partial charge in [-0.15, -0.1) is 0 Å². The molecule has 1 saturated heterocycles. The number of hydrogen-bond donors (Lipinski definition) is 1. The number of nitrogens with one attached hydrogen (secondary N) is 1. The second-order valence-electron chi connectivity index (χ2n) is 6.34. The summed E-state index contributed by atoms with van der Waals surface area (Å²) in [6.45, 7) is 1.26. The number of anilines is 1. The summed E-state index contributed by atoms with van der Waals surface area (Å²) in [6, 6.07) is 5.80. The fourth-order valence-electron chi connectivity index (χ4n) is 3.08. The van der Waals surface area contributed by atoms with Gasteiger partial charge >= 0.3 is 0 Å². The third-order valence-electron chi connectivity index (χ3n) is 4.58. The number of amides is 2. The Labute approximate surface area is 161 Å². The summed E-state index contributed by atoms with van der Waals surface area (Å²) in [6.07, 6.45) is 1.82. The predicted molar refractivity (Wildman–Crippen MR) is 99.0 cm³/mol. The third kappa shape index (κ3) is 3.90. The number of nitrogens with zero attached hydrogens (tertiary/aromatic N) is 1. The van der Waals surface area contributed by atoms with Crippen LogP contribution in [-0.2, 0) is 0 Å². The maximum absolute atomic E-state index is 13.5. The first-order valence-electron chi connectivity index (χ1n) is 8.76. The highest BCUT2D eigenvalue weighted by Gasteiger charge is 2.25. The maximum atomic E-state index is 13.5. The van der Waals surface area contributed by atoms with Crippen molar-refractivity contribution in [2.45, 2.75) is 12.8 Å². The SMILES string of the molecule is COc1cc(NC(=O)c2ccc(F)c(F)c2)c(C(=O)N2CCCC2)cc1OC. The molecule has 0 spiro atoms. The van der Waals surface area contributed by atoms with Crippen molar-refractivity contribution in [3.63, 3.8) is 0 Å². The Bertz CT molecular complexity index is 911. The van der Waals surface area contributed by atoms with Gasteiger partial charge in [0.1, 0.15) is 0 Å². The van der Waals surface area contributed by atoms with Gasteiger partial charge in [0, 0.05) is 24.7 Å². The van der Waals surface area contributed by atoms with Crippen LogP contribution < -0.4 is 14.8 Å². The molecule has 0 radical (unpaired) electrons. The minimum absolute atomic E-state index is 0.0757. The molecule has 0 bridgehead atoms. The zero-order chi connectivity index (χ0) is 20.3. The van der Waals surface area contributed by atoms with Crippen LogP contribution in [0.3, 0.4) is 0 Å². The molecule has 1 aliphatic heterocycles. The van der Waals surface area contributed by atoms with Crippen LogP contribution in [-0.4, -0.2) is 44.0 Å². The Balaban J connectivity index is 1.98. The largest absolute Gasteiger partial charge is 0.493 e. The van der Waals surface area contributed by atoms with Crippen molar-refractivity contribution >= 4 is 17.5 Å². The van der Waals surface area contributed by atoms with E-state index >= 15 is 0 Å². The molecule has 2 aromatic carbocycles. The molecule has 28 heavy (non-hydrogen) atoms. The monoisotopic (exact) mass is 390 g/mol. The van der Waals surface area contributed by atoms with Crippen LogP contribution in [0.1, 0.15) is 33.6 Å². The normalized spacial score (nSPS) is 13.4. The number of hydrogen-bond acceptors (Lipinski definition) is 4. The first kappa shape index (κ1) is 19.6. The summed E-state index contributed by atoms with van der Waals surface area (Å²) in [4.78, 5) is 27.1. The summed E-state index contributed by atoms with van der Waals surface area (Å²) in [5.74, 6) is -2.45. The van der Waals surface area contributed by atoms with Gasteiger partial charge in [0.15, 0.2) is 23.1 Å². The van der Waals surface area contributed by atoms with Crippen molar-refractivity contribution in [3.05, 3.63) is 53.1 Å². The Morgan fingerprint density at radius 3 is 2.21 bits per heavy atom. The van der Waals surface area contributed by atoms with Gasteiger partial charge in [0.05, 0.1) is 25.5 Å². The summed E-state index contributed by atoms with van der Waals surface area (Å²) < 4.78 is 37.1. The molecular weight excluding hydrogens is 370 g/mol. The van der Waals surface area contributed by atoms with E-state index in [1.54, 1.807) is 4.90 Å². The average molecular weight is 390 g/mol. The lowest BCUT2D eigenvalue weighted by Crippen LogP contribution is -2.29. The van der Waals surface area contributed by atoms with Gasteiger partial charge < -0.3 is 19.7 Å². The van der Waals surface area contributed by atoms with E-state index in [1.807, 2.05) is 0 Å². The summed E-state index contributed by atoms with van der Waals surface area (Å²) in [5.41, 5.74) is 0.355. The topological polar surface area (TPSA) is 67.9 Å². The molecule has 3 rings (SSSR count). The van der Waals surface area contributed by atoms with Crippen molar-refractivity contribution in [1.29, 1.82) is 0 Å². The fraction of sp³-hybridized carbons (Fsp3) is 0.300. The summed E-state index contributed by atoms with van der Waals surface area (Å²) in [5, 5.41) is 2.59. The zero-order valence-corrected chi connectivity index (χ0v) is 15.6. The van der Waals surface area contributed by atoms with Gasteiger partial charge in [-0.05, 0) is 37.1 Å². The standard InChI is InChI=1S/C20H20F2N2O4/c1-27-17-10-13(20(26)24-7-3-4-8-24)16(11-18(17)28-2)23-19(25)12-5-6-14(21)15(22)9-12/h5-6,9-11H,3-4,7-8H2,1-2H3,(H,23,25). The van der Waals surface area contributed by atoms with E-state index in [9.17, 15) is 18.4 Å². The van der Waals surface area contributed by atoms with E-state index in [-0.39, 0.29) is 22.7 Å². The molecule has 2 aromatic rings. The molecule has 0 atom stereocenters. The van der Waals surface area contributed by atoms with Gasteiger partial charge in [-0.25, -0.2) is 8.78 Å². The van der Waals surface area contributed by atoms with E-state index in [1.165, 1.54) is 26.4 Å². The molecule has 0 aliphatic carbocycles. The Morgan fingerprint density at radius 1 is 0.964 bits per heavy atom. The molecule has 6 nitrogen and oxygen atoms in total. The molecule has 1 heterocycles. The minimum atomic E-state index is -1.13. The van der Waals surface area contributed by atoms with Crippen molar-refractivity contribution in [2.24, 2.45) is 0 Å². The quantitative estimate of drug-likeness (QED) is 0.849. The molecule has 148 valence electrons. The van der Waals surface area contributed by atoms with Gasteiger partial charge in [-0.2, -0.15) is 0 Å². The molecule has 8 heteroatoms. The first-order chi connectivity index (χ1) is 13.4. The number of benzene rings is 2. The highest BCUT2D eigenvalue weighted by Crippen LogP contribution is 2.34. The van der Waals surface area contributed by atoms with Crippen LogP contribution in [0, 0.1) is 11.6 Å². The molecule has 1 N–H and O–H groups in total. The molecule has 2 amide bonds. The van der Waals surface area contributed by atoms with Crippen LogP contribution in [0.4, 0.5) is 14.5 Å². The van der Waals surface area contributed by atoms with Crippen molar-refractivity contribution in [2.75, 3.05) is 32.6 Å². The predicted octanol–water partition coefficient (Wildman–Crippen LogP) is 3.47. The van der Waals surface area contributed by atoms with Crippen LogP contribution in [0.25, 0.3) is 0 Å². The second-order valence-corrected chi connectivity index (χ2v) is 6.34. The smallest absolute Gasteiger partial charge is 0.256 e. The van der Waals surface area contributed by atoms with E-state index in [2.05, 4.69) is 5.32 Å². The van der Waals surface area contributed by atoms with E-state index in [4.69, 9.17) is 9.47 Å². The Morgan fingerprint density at radius 2 is 1.61 bits per heavy atom. The third-order valence-corrected chi connectivity index (χ3v) is 4.58. The maximum Gasteiger partial charge on any atom is 0.256 e. The summed E-state index contributed by atoms with van der Waals surface area (Å²) in [7, 11) is 2.88.